The summed E-state index contributed by atoms with van der Waals surface area (Å²) in [6.07, 6.45) is 4.22. The molecular weight excluding hydrogens is 252 g/mol. The predicted octanol–water partition coefficient (Wildman–Crippen LogP) is 2.91. The van der Waals surface area contributed by atoms with Gasteiger partial charge in [0.15, 0.2) is 0 Å². The molecule has 1 aliphatic rings. The lowest BCUT2D eigenvalue weighted by atomic mass is 10.1. The molecule has 0 heterocycles. The van der Waals surface area contributed by atoms with Crippen LogP contribution in [0.25, 0.3) is 6.08 Å². The van der Waals surface area contributed by atoms with Crippen LogP contribution in [0.15, 0.2) is 18.2 Å². The summed E-state index contributed by atoms with van der Waals surface area (Å²) in [6.45, 7) is 0.637. The number of carboxylic acids is 1. The van der Waals surface area contributed by atoms with Crippen molar-refractivity contribution >= 4 is 17.7 Å². The van der Waals surface area contributed by atoms with Gasteiger partial charge in [-0.15, -0.1) is 0 Å². The van der Waals surface area contributed by atoms with Crippen molar-refractivity contribution in [2.75, 3.05) is 18.5 Å². The van der Waals surface area contributed by atoms with Gasteiger partial charge in [-0.25, -0.2) is 13.6 Å². The van der Waals surface area contributed by atoms with Gasteiger partial charge in [-0.1, -0.05) is 0 Å². The number of hydrogen-bond donors (Lipinski definition) is 1. The third-order valence-corrected chi connectivity index (χ3v) is 3.07. The first-order chi connectivity index (χ1) is 8.97. The Bertz CT molecular complexity index is 501. The van der Waals surface area contributed by atoms with E-state index in [-0.39, 0.29) is 11.3 Å². The summed E-state index contributed by atoms with van der Waals surface area (Å²) >= 11 is 0. The third-order valence-electron chi connectivity index (χ3n) is 3.07. The maximum absolute atomic E-state index is 13.9. The zero-order chi connectivity index (χ0) is 14.0. The van der Waals surface area contributed by atoms with Crippen LogP contribution in [0.5, 0.6) is 0 Å². The van der Waals surface area contributed by atoms with Crippen molar-refractivity contribution in [3.05, 3.63) is 35.4 Å². The molecule has 2 rings (SSSR count). The van der Waals surface area contributed by atoms with Crippen LogP contribution in [-0.2, 0) is 4.79 Å². The Balaban J connectivity index is 2.22. The van der Waals surface area contributed by atoms with Crippen LogP contribution in [-0.4, -0.2) is 24.7 Å². The second-order valence-electron chi connectivity index (χ2n) is 4.83. The fourth-order valence-electron chi connectivity index (χ4n) is 1.99. The minimum Gasteiger partial charge on any atom is -0.478 e. The SMILES string of the molecule is CN(CC1CC1)c1c(F)cc(C=CC(=O)O)cc1F. The Morgan fingerprint density at radius 2 is 2.00 bits per heavy atom. The average Bonchev–Trinajstić information content (AvgIpc) is 3.09. The molecule has 1 saturated carbocycles. The molecule has 0 radical (unpaired) electrons. The van der Waals surface area contributed by atoms with Crippen molar-refractivity contribution in [1.29, 1.82) is 0 Å². The summed E-state index contributed by atoms with van der Waals surface area (Å²) < 4.78 is 27.8. The van der Waals surface area contributed by atoms with Gasteiger partial charge in [0, 0.05) is 19.7 Å². The van der Waals surface area contributed by atoms with E-state index in [0.29, 0.717) is 12.5 Å². The third kappa shape index (κ3) is 3.53. The van der Waals surface area contributed by atoms with Gasteiger partial charge in [0.1, 0.15) is 17.3 Å². The highest BCUT2D eigenvalue weighted by molar-refractivity contribution is 5.85. The topological polar surface area (TPSA) is 40.5 Å². The summed E-state index contributed by atoms with van der Waals surface area (Å²) in [7, 11) is 1.66. The molecule has 1 N–H and O–H groups in total. The van der Waals surface area contributed by atoms with Crippen LogP contribution in [0.2, 0.25) is 0 Å². The fourth-order valence-corrected chi connectivity index (χ4v) is 1.99. The average molecular weight is 267 g/mol. The zero-order valence-electron chi connectivity index (χ0n) is 10.6. The minimum atomic E-state index is -1.16. The zero-order valence-corrected chi connectivity index (χ0v) is 10.6. The van der Waals surface area contributed by atoms with E-state index < -0.39 is 17.6 Å². The van der Waals surface area contributed by atoms with Crippen LogP contribution in [0.1, 0.15) is 18.4 Å². The van der Waals surface area contributed by atoms with Crippen LogP contribution in [0.4, 0.5) is 14.5 Å². The number of benzene rings is 1. The van der Waals surface area contributed by atoms with Crippen molar-refractivity contribution in [1.82, 2.24) is 0 Å². The lowest BCUT2D eigenvalue weighted by Crippen LogP contribution is -2.22. The standard InChI is InChI=1S/C14H15F2NO2/c1-17(8-9-2-3-9)14-11(15)6-10(7-12(14)16)4-5-13(18)19/h4-7,9H,2-3,8H2,1H3,(H,18,19). The molecule has 0 bridgehead atoms. The molecule has 1 aromatic rings. The van der Waals surface area contributed by atoms with Crippen LogP contribution < -0.4 is 4.90 Å². The molecule has 0 aliphatic heterocycles. The molecule has 0 spiro atoms. The van der Waals surface area contributed by atoms with Gasteiger partial charge in [-0.3, -0.25) is 0 Å². The molecule has 0 aromatic heterocycles. The van der Waals surface area contributed by atoms with Crippen LogP contribution in [0.3, 0.4) is 0 Å². The van der Waals surface area contributed by atoms with E-state index in [1.807, 2.05) is 0 Å². The highest BCUT2D eigenvalue weighted by Gasteiger charge is 2.25. The Labute approximate surface area is 110 Å². The second-order valence-corrected chi connectivity index (χ2v) is 4.83. The maximum atomic E-state index is 13.9. The highest BCUT2D eigenvalue weighted by atomic mass is 19.1. The molecule has 0 amide bonds. The van der Waals surface area contributed by atoms with Crippen molar-refractivity contribution in [3.63, 3.8) is 0 Å². The first-order valence-corrected chi connectivity index (χ1v) is 6.08. The highest BCUT2D eigenvalue weighted by Crippen LogP contribution is 2.32. The number of rotatable bonds is 5. The smallest absolute Gasteiger partial charge is 0.328 e. The molecular formula is C14H15F2NO2. The molecule has 1 fully saturated rings. The number of hydrogen-bond acceptors (Lipinski definition) is 2. The van der Waals surface area contributed by atoms with E-state index in [9.17, 15) is 13.6 Å². The van der Waals surface area contributed by atoms with E-state index in [0.717, 1.165) is 31.1 Å². The summed E-state index contributed by atoms with van der Waals surface area (Å²) in [5.74, 6) is -1.98. The molecule has 0 atom stereocenters. The van der Waals surface area contributed by atoms with Crippen LogP contribution in [0, 0.1) is 17.6 Å². The quantitative estimate of drug-likeness (QED) is 0.834. The van der Waals surface area contributed by atoms with Crippen LogP contribution >= 0.6 is 0 Å². The molecule has 3 nitrogen and oxygen atoms in total. The lowest BCUT2D eigenvalue weighted by Gasteiger charge is -2.20. The number of anilines is 1. The largest absolute Gasteiger partial charge is 0.478 e. The predicted molar refractivity (Wildman–Crippen MR) is 69.0 cm³/mol. The summed E-state index contributed by atoms with van der Waals surface area (Å²) in [4.78, 5) is 11.9. The minimum absolute atomic E-state index is 0.0561. The van der Waals surface area contributed by atoms with Crippen molar-refractivity contribution in [2.45, 2.75) is 12.8 Å². The van der Waals surface area contributed by atoms with E-state index in [1.165, 1.54) is 6.08 Å². The first kappa shape index (κ1) is 13.5. The van der Waals surface area contributed by atoms with Gasteiger partial charge >= 0.3 is 5.97 Å². The Morgan fingerprint density at radius 1 is 1.42 bits per heavy atom. The molecule has 1 aliphatic carbocycles. The van der Waals surface area contributed by atoms with Crippen molar-refractivity contribution < 1.29 is 18.7 Å². The monoisotopic (exact) mass is 267 g/mol. The van der Waals surface area contributed by atoms with Gasteiger partial charge in [0.2, 0.25) is 0 Å². The van der Waals surface area contributed by atoms with Crippen molar-refractivity contribution in [3.8, 4) is 0 Å². The van der Waals surface area contributed by atoms with E-state index >= 15 is 0 Å². The normalized spacial score (nSPS) is 14.9. The van der Waals surface area contributed by atoms with Gasteiger partial charge in [-0.2, -0.15) is 0 Å². The summed E-state index contributed by atoms with van der Waals surface area (Å²) in [5, 5.41) is 8.48. The van der Waals surface area contributed by atoms with E-state index in [1.54, 1.807) is 11.9 Å². The van der Waals surface area contributed by atoms with Crippen molar-refractivity contribution in [2.24, 2.45) is 5.92 Å². The molecule has 0 unspecified atom stereocenters. The number of nitrogens with zero attached hydrogens (tertiary/aromatic N) is 1. The number of carbonyl (C=O) groups is 1. The number of aliphatic carboxylic acids is 1. The van der Waals surface area contributed by atoms with Gasteiger partial charge < -0.3 is 10.0 Å². The lowest BCUT2D eigenvalue weighted by molar-refractivity contribution is -0.131. The maximum Gasteiger partial charge on any atom is 0.328 e. The summed E-state index contributed by atoms with van der Waals surface area (Å²) in [5.41, 5.74) is 0.139. The molecule has 1 aromatic carbocycles. The Kier molecular flexibility index (Phi) is 3.83. The Morgan fingerprint density at radius 3 is 2.47 bits per heavy atom. The van der Waals surface area contributed by atoms with Gasteiger partial charge in [0.25, 0.3) is 0 Å². The second kappa shape index (κ2) is 5.38. The van der Waals surface area contributed by atoms with Gasteiger partial charge in [0.05, 0.1) is 0 Å². The molecule has 0 saturated heterocycles. The van der Waals surface area contributed by atoms with E-state index in [2.05, 4.69) is 0 Å². The molecule has 102 valence electrons. The number of halogens is 2. The summed E-state index contributed by atoms with van der Waals surface area (Å²) in [6, 6.07) is 2.28. The van der Waals surface area contributed by atoms with Gasteiger partial charge in [-0.05, 0) is 42.5 Å². The number of carboxylic acid groups (broad SMARTS) is 1. The first-order valence-electron chi connectivity index (χ1n) is 6.08. The fraction of sp³-hybridized carbons (Fsp3) is 0.357. The molecule has 5 heteroatoms. The Hall–Kier alpha value is -1.91. The van der Waals surface area contributed by atoms with E-state index in [4.69, 9.17) is 5.11 Å². The molecule has 19 heavy (non-hydrogen) atoms.